The number of benzene rings is 1. The Labute approximate surface area is 99.6 Å². The Morgan fingerprint density at radius 3 is 2.41 bits per heavy atom. The Hall–Kier alpha value is -1.29. The maximum atomic E-state index is 12.8. The predicted octanol–water partition coefficient (Wildman–Crippen LogP) is 3.24. The number of carbonyl (C=O) groups is 1. The van der Waals surface area contributed by atoms with E-state index in [1.807, 2.05) is 0 Å². The van der Waals surface area contributed by atoms with Crippen LogP contribution in [0, 0.1) is 11.6 Å². The number of ether oxygens (including phenoxy) is 1. The molecule has 1 aromatic carbocycles. The van der Waals surface area contributed by atoms with Crippen molar-refractivity contribution in [3.05, 3.63) is 35.4 Å². The molecule has 0 N–H and O–H groups in total. The molecule has 94 valence electrons. The third-order valence-electron chi connectivity index (χ3n) is 2.26. The molecule has 0 radical (unpaired) electrons. The molecular weight excluding hydrogens is 226 g/mol. The zero-order chi connectivity index (χ0) is 12.7. The van der Waals surface area contributed by atoms with Crippen LogP contribution >= 0.6 is 0 Å². The van der Waals surface area contributed by atoms with Crippen molar-refractivity contribution >= 4 is 5.78 Å². The van der Waals surface area contributed by atoms with Gasteiger partial charge in [0.25, 0.3) is 0 Å². The van der Waals surface area contributed by atoms with Crippen molar-refractivity contribution < 1.29 is 18.3 Å². The molecule has 0 atom stereocenters. The molecule has 0 bridgehead atoms. The molecule has 0 aliphatic heterocycles. The van der Waals surface area contributed by atoms with Crippen LogP contribution in [0.3, 0.4) is 0 Å². The van der Waals surface area contributed by atoms with Gasteiger partial charge in [0.2, 0.25) is 0 Å². The van der Waals surface area contributed by atoms with Crippen molar-refractivity contribution in [3.63, 3.8) is 0 Å². The molecule has 0 heterocycles. The standard InChI is InChI=1S/C13H16F2O2/c1-10(16)4-2-3-5-17-9-11-6-12(14)8-13(15)7-11/h6-8H,2-5,9H2,1H3. The van der Waals surface area contributed by atoms with Gasteiger partial charge in [-0.2, -0.15) is 0 Å². The van der Waals surface area contributed by atoms with Gasteiger partial charge in [0, 0.05) is 19.1 Å². The maximum absolute atomic E-state index is 12.8. The quantitative estimate of drug-likeness (QED) is 0.686. The van der Waals surface area contributed by atoms with Crippen LogP contribution in [0.25, 0.3) is 0 Å². The van der Waals surface area contributed by atoms with E-state index in [1.54, 1.807) is 6.92 Å². The highest BCUT2D eigenvalue weighted by Crippen LogP contribution is 2.09. The lowest BCUT2D eigenvalue weighted by atomic mass is 10.2. The first kappa shape index (κ1) is 13.8. The van der Waals surface area contributed by atoms with Crippen molar-refractivity contribution in [2.75, 3.05) is 6.61 Å². The van der Waals surface area contributed by atoms with Crippen molar-refractivity contribution in [1.29, 1.82) is 0 Å². The van der Waals surface area contributed by atoms with Gasteiger partial charge in [-0.3, -0.25) is 0 Å². The van der Waals surface area contributed by atoms with Gasteiger partial charge in [0.05, 0.1) is 6.61 Å². The summed E-state index contributed by atoms with van der Waals surface area (Å²) in [4.78, 5) is 10.6. The van der Waals surface area contributed by atoms with E-state index in [0.29, 0.717) is 18.6 Å². The molecule has 0 saturated heterocycles. The lowest BCUT2D eigenvalue weighted by molar-refractivity contribution is -0.117. The third kappa shape index (κ3) is 6.12. The van der Waals surface area contributed by atoms with Gasteiger partial charge in [-0.05, 0) is 37.5 Å². The average molecular weight is 242 g/mol. The van der Waals surface area contributed by atoms with Gasteiger partial charge in [0.1, 0.15) is 17.4 Å². The highest BCUT2D eigenvalue weighted by atomic mass is 19.1. The summed E-state index contributed by atoms with van der Waals surface area (Å²) in [7, 11) is 0. The van der Waals surface area contributed by atoms with E-state index in [2.05, 4.69) is 0 Å². The molecule has 1 rings (SSSR count). The molecule has 0 amide bonds. The first-order valence-corrected chi connectivity index (χ1v) is 5.60. The van der Waals surface area contributed by atoms with Crippen LogP contribution in [0.1, 0.15) is 31.7 Å². The SMILES string of the molecule is CC(=O)CCCCOCc1cc(F)cc(F)c1. The fraction of sp³-hybridized carbons (Fsp3) is 0.462. The van der Waals surface area contributed by atoms with E-state index in [1.165, 1.54) is 12.1 Å². The summed E-state index contributed by atoms with van der Waals surface area (Å²) in [5.74, 6) is -1.03. The van der Waals surface area contributed by atoms with Crippen molar-refractivity contribution in [2.45, 2.75) is 32.8 Å². The molecule has 0 fully saturated rings. The number of unbranched alkanes of at least 4 members (excludes halogenated alkanes) is 1. The molecule has 0 aromatic heterocycles. The van der Waals surface area contributed by atoms with E-state index in [-0.39, 0.29) is 12.4 Å². The molecule has 17 heavy (non-hydrogen) atoms. The largest absolute Gasteiger partial charge is 0.377 e. The number of hydrogen-bond donors (Lipinski definition) is 0. The van der Waals surface area contributed by atoms with E-state index in [0.717, 1.165) is 18.9 Å². The Morgan fingerprint density at radius 2 is 1.82 bits per heavy atom. The maximum Gasteiger partial charge on any atom is 0.129 e. The number of hydrogen-bond acceptors (Lipinski definition) is 2. The van der Waals surface area contributed by atoms with Crippen LogP contribution in [0.4, 0.5) is 8.78 Å². The van der Waals surface area contributed by atoms with Gasteiger partial charge >= 0.3 is 0 Å². The molecule has 0 aliphatic carbocycles. The van der Waals surface area contributed by atoms with Gasteiger partial charge in [-0.15, -0.1) is 0 Å². The molecule has 0 unspecified atom stereocenters. The monoisotopic (exact) mass is 242 g/mol. The van der Waals surface area contributed by atoms with Crippen LogP contribution < -0.4 is 0 Å². The summed E-state index contributed by atoms with van der Waals surface area (Å²) in [6.07, 6.45) is 2.11. The van der Waals surface area contributed by atoms with Crippen LogP contribution in [0.5, 0.6) is 0 Å². The predicted molar refractivity (Wildman–Crippen MR) is 60.5 cm³/mol. The Bertz CT molecular complexity index is 357. The van der Waals surface area contributed by atoms with Gasteiger partial charge in [-0.25, -0.2) is 8.78 Å². The summed E-state index contributed by atoms with van der Waals surface area (Å²) in [5.41, 5.74) is 0.481. The summed E-state index contributed by atoms with van der Waals surface area (Å²) in [6, 6.07) is 3.33. The second-order valence-corrected chi connectivity index (χ2v) is 3.99. The zero-order valence-corrected chi connectivity index (χ0v) is 9.84. The molecule has 0 saturated carbocycles. The Balaban J connectivity index is 2.20. The Morgan fingerprint density at radius 1 is 1.18 bits per heavy atom. The molecule has 0 aliphatic rings. The van der Waals surface area contributed by atoms with Gasteiger partial charge < -0.3 is 9.53 Å². The van der Waals surface area contributed by atoms with E-state index >= 15 is 0 Å². The fourth-order valence-electron chi connectivity index (χ4n) is 1.46. The highest BCUT2D eigenvalue weighted by Gasteiger charge is 2.00. The third-order valence-corrected chi connectivity index (χ3v) is 2.26. The minimum absolute atomic E-state index is 0.164. The topological polar surface area (TPSA) is 26.3 Å². The van der Waals surface area contributed by atoms with Crippen LogP contribution in [-0.4, -0.2) is 12.4 Å². The number of ketones is 1. The molecule has 4 heteroatoms. The minimum atomic E-state index is -0.597. The lowest BCUT2D eigenvalue weighted by Gasteiger charge is -2.04. The number of halogens is 2. The van der Waals surface area contributed by atoms with Crippen molar-refractivity contribution in [1.82, 2.24) is 0 Å². The molecule has 0 spiro atoms. The first-order chi connectivity index (χ1) is 8.08. The number of carbonyl (C=O) groups excluding carboxylic acids is 1. The normalized spacial score (nSPS) is 10.5. The van der Waals surface area contributed by atoms with Crippen molar-refractivity contribution in [2.24, 2.45) is 0 Å². The van der Waals surface area contributed by atoms with Crippen LogP contribution in [0.2, 0.25) is 0 Å². The second kappa shape index (κ2) is 7.12. The van der Waals surface area contributed by atoms with Crippen LogP contribution in [0.15, 0.2) is 18.2 Å². The molecule has 1 aromatic rings. The van der Waals surface area contributed by atoms with E-state index in [9.17, 15) is 13.6 Å². The summed E-state index contributed by atoms with van der Waals surface area (Å²) in [6.45, 7) is 2.23. The van der Waals surface area contributed by atoms with E-state index in [4.69, 9.17) is 4.74 Å². The first-order valence-electron chi connectivity index (χ1n) is 5.60. The summed E-state index contributed by atoms with van der Waals surface area (Å²) in [5, 5.41) is 0. The van der Waals surface area contributed by atoms with Crippen molar-refractivity contribution in [3.8, 4) is 0 Å². The molecule has 2 nitrogen and oxygen atoms in total. The minimum Gasteiger partial charge on any atom is -0.377 e. The lowest BCUT2D eigenvalue weighted by Crippen LogP contribution is -1.98. The average Bonchev–Trinajstić information content (AvgIpc) is 2.21. The summed E-state index contributed by atoms with van der Waals surface area (Å²) >= 11 is 0. The molecular formula is C13H16F2O2. The highest BCUT2D eigenvalue weighted by molar-refractivity contribution is 5.75. The van der Waals surface area contributed by atoms with Gasteiger partial charge in [0.15, 0.2) is 0 Å². The van der Waals surface area contributed by atoms with Gasteiger partial charge in [-0.1, -0.05) is 0 Å². The number of Topliss-reactive ketones (excluding diaryl/α,β-unsaturated/α-hetero) is 1. The number of rotatable bonds is 7. The summed E-state index contributed by atoms with van der Waals surface area (Å²) < 4.78 is 30.9. The van der Waals surface area contributed by atoms with Crippen LogP contribution in [-0.2, 0) is 16.1 Å². The Kier molecular flexibility index (Phi) is 5.77. The second-order valence-electron chi connectivity index (χ2n) is 3.99. The van der Waals surface area contributed by atoms with E-state index < -0.39 is 11.6 Å². The fourth-order valence-corrected chi connectivity index (χ4v) is 1.46. The smallest absolute Gasteiger partial charge is 0.129 e. The zero-order valence-electron chi connectivity index (χ0n) is 9.84.